The number of rotatable bonds is 8. The highest BCUT2D eigenvalue weighted by Crippen LogP contribution is 2.43. The van der Waals surface area contributed by atoms with Crippen LogP contribution in [0.4, 0.5) is 23.8 Å². The molecular weight excluding hydrogens is 806 g/mol. The smallest absolute Gasteiger partial charge is 0.413 e. The van der Waals surface area contributed by atoms with Crippen LogP contribution in [0.15, 0.2) is 30.5 Å². The van der Waals surface area contributed by atoms with Gasteiger partial charge in [-0.3, -0.25) is 24.4 Å². The number of hydrogen-bond acceptors (Lipinski definition) is 12. The van der Waals surface area contributed by atoms with E-state index in [1.807, 2.05) is 4.90 Å². The van der Waals surface area contributed by atoms with Gasteiger partial charge in [-0.1, -0.05) is 12.0 Å². The fraction of sp³-hybridized carbons (Fsp3) is 0.522. The lowest BCUT2D eigenvalue weighted by molar-refractivity contribution is -0.175. The quantitative estimate of drug-likeness (QED) is 0.0743. The molecule has 0 aliphatic carbocycles. The molecule has 62 heavy (non-hydrogen) atoms. The van der Waals surface area contributed by atoms with Gasteiger partial charge in [0.05, 0.1) is 39.4 Å². The Morgan fingerprint density at radius 1 is 0.984 bits per heavy atom. The average molecular weight is 857 g/mol. The van der Waals surface area contributed by atoms with E-state index in [0.717, 1.165) is 19.4 Å². The number of alkyl halides is 1. The number of aromatic nitrogens is 3. The number of carbonyl (C=O) groups excluding carboxylic acids is 3. The van der Waals surface area contributed by atoms with Crippen molar-refractivity contribution in [2.45, 2.75) is 111 Å². The monoisotopic (exact) mass is 856 g/mol. The summed E-state index contributed by atoms with van der Waals surface area (Å²) in [5, 5.41) is 0.813. The Balaban J connectivity index is 1.19. The molecule has 6 heterocycles. The third-order valence-corrected chi connectivity index (χ3v) is 12.3. The number of anilines is 1. The summed E-state index contributed by atoms with van der Waals surface area (Å²) in [5.41, 5.74) is -2.66. The third-order valence-electron chi connectivity index (χ3n) is 12.3. The zero-order valence-corrected chi connectivity index (χ0v) is 36.0. The maximum Gasteiger partial charge on any atom is 0.413 e. The average Bonchev–Trinajstić information content (AvgIpc) is 3.82. The fourth-order valence-corrected chi connectivity index (χ4v) is 9.15. The molecule has 4 aromatic rings. The van der Waals surface area contributed by atoms with Gasteiger partial charge in [0.15, 0.2) is 5.82 Å². The third kappa shape index (κ3) is 7.95. The summed E-state index contributed by atoms with van der Waals surface area (Å²) in [6.45, 7) is 13.4. The van der Waals surface area contributed by atoms with E-state index in [9.17, 15) is 18.8 Å². The van der Waals surface area contributed by atoms with E-state index in [2.05, 4.69) is 20.8 Å². The van der Waals surface area contributed by atoms with Gasteiger partial charge in [-0.15, -0.1) is 6.42 Å². The second-order valence-corrected chi connectivity index (χ2v) is 19.0. The number of terminal acetylenes is 1. The van der Waals surface area contributed by atoms with Crippen LogP contribution in [0.3, 0.4) is 0 Å². The van der Waals surface area contributed by atoms with E-state index in [4.69, 9.17) is 30.4 Å². The van der Waals surface area contributed by atoms with Crippen molar-refractivity contribution in [3.63, 3.8) is 0 Å². The molecule has 4 aliphatic heterocycles. The van der Waals surface area contributed by atoms with E-state index in [-0.39, 0.29) is 76.7 Å². The normalized spacial score (nSPS) is 23.0. The Hall–Kier alpha value is -5.69. The Morgan fingerprint density at radius 3 is 2.37 bits per heavy atom. The number of halogens is 3. The summed E-state index contributed by atoms with van der Waals surface area (Å²) in [6.07, 6.45) is 7.72. The van der Waals surface area contributed by atoms with Gasteiger partial charge in [0, 0.05) is 50.1 Å². The molecule has 2 bridgehead atoms. The van der Waals surface area contributed by atoms with Gasteiger partial charge < -0.3 is 23.8 Å². The Bertz CT molecular complexity index is 2500. The van der Waals surface area contributed by atoms with Crippen LogP contribution in [0.5, 0.6) is 11.8 Å². The minimum atomic E-state index is -1.11. The standard InChI is InChI=1S/C46H51F3N6O7/c1-9-31-34(48)14-11-26-17-30(62-41(57)45(6,7)8)18-32(35(26)31)37-36(49)38-33(20-50-37)39(52-42(51-38)59-24-46-15-10-16-54(46)21-27(47)19-46)53-22-28-12-13-29(23-53)55(28)43(58)61-25(2)60-40(56)44(3,4)5/h1,11,14,17-18,20,25,27-29H,10,12-13,15-16,19,21-24H2,2-8H3/t25?,27-,28?,29?,46+/m1/s1. The highest BCUT2D eigenvalue weighted by molar-refractivity contribution is 6.03. The predicted molar refractivity (Wildman–Crippen MR) is 224 cm³/mol. The highest BCUT2D eigenvalue weighted by Gasteiger charge is 2.50. The lowest BCUT2D eigenvalue weighted by Gasteiger charge is -2.41. The molecule has 13 nitrogen and oxygen atoms in total. The van der Waals surface area contributed by atoms with Crippen LogP contribution in [-0.4, -0.2) is 106 Å². The highest BCUT2D eigenvalue weighted by atomic mass is 19.1. The minimum absolute atomic E-state index is 0.0710. The molecule has 1 amide bonds. The SMILES string of the molecule is C#Cc1c(F)ccc2cc(OC(=O)C(C)(C)C)cc(-c3ncc4c(N5CC6CCC(C5)N6C(=O)OC(C)OC(=O)C(C)(C)C)nc(OC[C@@]56CCCN5C[C@H](F)C6)nc4c3F)c12. The molecule has 0 spiro atoms. The number of carbonyl (C=O) groups is 3. The fourth-order valence-electron chi connectivity index (χ4n) is 9.15. The van der Waals surface area contributed by atoms with E-state index < -0.39 is 58.5 Å². The summed E-state index contributed by atoms with van der Waals surface area (Å²) < 4.78 is 70.6. The van der Waals surface area contributed by atoms with Crippen molar-refractivity contribution >= 4 is 45.5 Å². The summed E-state index contributed by atoms with van der Waals surface area (Å²) in [5.74, 6) is 0.129. The van der Waals surface area contributed by atoms with Crippen molar-refractivity contribution in [2.75, 3.05) is 37.7 Å². The van der Waals surface area contributed by atoms with Gasteiger partial charge in [0.1, 0.15) is 41.4 Å². The van der Waals surface area contributed by atoms with Gasteiger partial charge in [0.25, 0.3) is 0 Å². The van der Waals surface area contributed by atoms with E-state index in [1.165, 1.54) is 37.4 Å². The van der Waals surface area contributed by atoms with Gasteiger partial charge >= 0.3 is 24.0 Å². The van der Waals surface area contributed by atoms with Gasteiger partial charge in [-0.25, -0.2) is 18.0 Å². The van der Waals surface area contributed by atoms with Crippen molar-refractivity contribution in [1.82, 2.24) is 24.8 Å². The maximum absolute atomic E-state index is 17.5. The predicted octanol–water partition coefficient (Wildman–Crippen LogP) is 7.74. The number of nitrogens with zero attached hydrogens (tertiary/aromatic N) is 6. The summed E-state index contributed by atoms with van der Waals surface area (Å²) in [7, 11) is 0. The van der Waals surface area contributed by atoms with Crippen molar-refractivity contribution in [3.05, 3.63) is 47.7 Å². The Kier molecular flexibility index (Phi) is 11.0. The number of piperazine rings is 1. The zero-order valence-electron chi connectivity index (χ0n) is 36.0. The molecule has 5 atom stereocenters. The lowest BCUT2D eigenvalue weighted by atomic mass is 9.95. The molecule has 2 aromatic heterocycles. The Morgan fingerprint density at radius 2 is 1.69 bits per heavy atom. The number of fused-ring (bicyclic) bond motifs is 5. The van der Waals surface area contributed by atoms with Crippen LogP contribution >= 0.6 is 0 Å². The first-order valence-corrected chi connectivity index (χ1v) is 21.0. The summed E-state index contributed by atoms with van der Waals surface area (Å²) in [4.78, 5) is 58.7. The van der Waals surface area contributed by atoms with Gasteiger partial charge in [0.2, 0.25) is 6.29 Å². The molecule has 2 aromatic carbocycles. The second kappa shape index (κ2) is 15.9. The molecule has 4 aliphatic rings. The first kappa shape index (κ1) is 43.0. The summed E-state index contributed by atoms with van der Waals surface area (Å²) >= 11 is 0. The number of hydrogen-bond donors (Lipinski definition) is 0. The number of esters is 2. The van der Waals surface area contributed by atoms with E-state index in [0.29, 0.717) is 37.0 Å². The number of ether oxygens (including phenoxy) is 4. The van der Waals surface area contributed by atoms with Crippen LogP contribution in [0, 0.1) is 34.8 Å². The second-order valence-electron chi connectivity index (χ2n) is 19.0. The molecule has 4 fully saturated rings. The van der Waals surface area contributed by atoms with Crippen LogP contribution < -0.4 is 14.4 Å². The largest absolute Gasteiger partial charge is 0.461 e. The van der Waals surface area contributed by atoms with Crippen LogP contribution in [0.2, 0.25) is 0 Å². The number of pyridine rings is 1. The van der Waals surface area contributed by atoms with Crippen molar-refractivity contribution in [3.8, 4) is 35.4 Å². The molecule has 328 valence electrons. The Labute approximate surface area is 358 Å². The molecule has 3 unspecified atom stereocenters. The zero-order chi connectivity index (χ0) is 44.5. The maximum atomic E-state index is 17.5. The molecular formula is C46H51F3N6O7. The first-order valence-electron chi connectivity index (χ1n) is 21.0. The van der Waals surface area contributed by atoms with E-state index in [1.54, 1.807) is 46.4 Å². The van der Waals surface area contributed by atoms with Crippen LogP contribution in [0.1, 0.15) is 86.1 Å². The number of amides is 1. The molecule has 0 radical (unpaired) electrons. The van der Waals surface area contributed by atoms with Crippen LogP contribution in [-0.2, 0) is 19.1 Å². The first-order chi connectivity index (χ1) is 29.3. The summed E-state index contributed by atoms with van der Waals surface area (Å²) in [6, 6.07) is 4.81. The van der Waals surface area contributed by atoms with Crippen molar-refractivity contribution in [1.29, 1.82) is 0 Å². The molecule has 8 rings (SSSR count). The molecule has 0 saturated carbocycles. The van der Waals surface area contributed by atoms with Gasteiger partial charge in [-0.05, 0) is 97.4 Å². The minimum Gasteiger partial charge on any atom is -0.461 e. The number of benzene rings is 2. The topological polar surface area (TPSA) is 137 Å². The van der Waals surface area contributed by atoms with Crippen LogP contribution in [0.25, 0.3) is 32.9 Å². The van der Waals surface area contributed by atoms with E-state index >= 15 is 8.78 Å². The molecule has 0 N–H and O–H groups in total. The molecule has 4 saturated heterocycles. The van der Waals surface area contributed by atoms with Gasteiger partial charge in [-0.2, -0.15) is 9.97 Å². The van der Waals surface area contributed by atoms with Crippen molar-refractivity contribution in [2.24, 2.45) is 10.8 Å². The molecule has 16 heteroatoms. The lowest BCUT2D eigenvalue weighted by Crippen LogP contribution is -2.56. The van der Waals surface area contributed by atoms with Crippen molar-refractivity contribution < 1.29 is 46.5 Å².